The third kappa shape index (κ3) is 9.81. The summed E-state index contributed by atoms with van der Waals surface area (Å²) in [5.74, 6) is 0.0241. The van der Waals surface area contributed by atoms with Crippen molar-refractivity contribution in [3.8, 4) is 17.2 Å². The van der Waals surface area contributed by atoms with Gasteiger partial charge in [-0.3, -0.25) is 14.5 Å². The van der Waals surface area contributed by atoms with Crippen molar-refractivity contribution in [2.75, 3.05) is 31.0 Å². The van der Waals surface area contributed by atoms with E-state index in [1.54, 1.807) is 79.7 Å². The van der Waals surface area contributed by atoms with Gasteiger partial charge in [-0.1, -0.05) is 41.4 Å². The molecule has 0 aromatic heterocycles. The summed E-state index contributed by atoms with van der Waals surface area (Å²) in [6.07, 6.45) is -2.14. The maximum atomic E-state index is 13.7. The Morgan fingerprint density at radius 3 is 2.11 bits per heavy atom. The third-order valence-corrected chi connectivity index (χ3v) is 8.71. The molecule has 0 saturated heterocycles. The number of methoxy groups -OCH3 is 2. The lowest BCUT2D eigenvalue weighted by Crippen LogP contribution is -2.40. The van der Waals surface area contributed by atoms with Crippen molar-refractivity contribution in [1.82, 2.24) is 0 Å². The van der Waals surface area contributed by atoms with Gasteiger partial charge in [-0.05, 0) is 117 Å². The van der Waals surface area contributed by atoms with Gasteiger partial charge in [0, 0.05) is 18.2 Å². The maximum absolute atomic E-state index is 13.7. The lowest BCUT2D eigenvalue weighted by Gasteiger charge is -2.23. The quantitative estimate of drug-likeness (QED) is 0.0680. The van der Waals surface area contributed by atoms with Gasteiger partial charge in [0.25, 0.3) is 5.91 Å². The van der Waals surface area contributed by atoms with Crippen LogP contribution in [0.5, 0.6) is 17.2 Å². The van der Waals surface area contributed by atoms with Gasteiger partial charge in [0.15, 0.2) is 0 Å². The molecule has 11 nitrogen and oxygen atoms in total. The number of Topliss-reactive ketones (excluding diaryl/α,β-unsaturated/α-hetero) is 1. The minimum absolute atomic E-state index is 0.0534. The average molecular weight is 749 g/mol. The molecular weight excluding hydrogens is 708 g/mol. The predicted molar refractivity (Wildman–Crippen MR) is 209 cm³/mol. The van der Waals surface area contributed by atoms with Crippen LogP contribution in [0, 0.1) is 20.8 Å². The fourth-order valence-electron chi connectivity index (χ4n) is 5.43. The van der Waals surface area contributed by atoms with Gasteiger partial charge >= 0.3 is 6.09 Å². The van der Waals surface area contributed by atoms with E-state index >= 15 is 0 Å². The lowest BCUT2D eigenvalue weighted by molar-refractivity contribution is -0.120. The van der Waals surface area contributed by atoms with Crippen molar-refractivity contribution in [2.45, 2.75) is 40.4 Å². The molecule has 5 rings (SSSR count). The Labute approximate surface area is 319 Å². The predicted octanol–water partition coefficient (Wildman–Crippen LogP) is 10.1. The molecule has 1 N–H and O–H groups in total. The maximum Gasteiger partial charge on any atom is 0.414 e. The topological polar surface area (TPSA) is 128 Å². The number of anilines is 2. The van der Waals surface area contributed by atoms with Gasteiger partial charge in [-0.15, -0.1) is 0 Å². The minimum atomic E-state index is -1.55. The number of carbonyl (C=O) groups excluding carboxylic acids is 3. The number of aryl methyl sites for hydroxylation is 3. The number of carbonyl (C=O) groups is 3. The van der Waals surface area contributed by atoms with E-state index in [4.69, 9.17) is 30.5 Å². The normalized spacial score (nSPS) is 11.5. The van der Waals surface area contributed by atoms with Crippen molar-refractivity contribution in [1.29, 1.82) is 0 Å². The molecule has 0 heterocycles. The number of halogens is 1. The molecule has 54 heavy (non-hydrogen) atoms. The van der Waals surface area contributed by atoms with E-state index in [2.05, 4.69) is 15.5 Å². The van der Waals surface area contributed by atoms with Crippen LogP contribution in [0.15, 0.2) is 113 Å². The van der Waals surface area contributed by atoms with Crippen LogP contribution in [0.1, 0.15) is 39.5 Å². The zero-order chi connectivity index (χ0) is 38.8. The smallest absolute Gasteiger partial charge is 0.414 e. The fraction of sp³-hybridized carbons (Fsp3) is 0.214. The van der Waals surface area contributed by atoms with Gasteiger partial charge in [-0.2, -0.15) is 10.2 Å². The lowest BCUT2D eigenvalue weighted by atomic mass is 10.0. The Kier molecular flexibility index (Phi) is 13.0. The monoisotopic (exact) mass is 748 g/mol. The SMILES string of the molecule is CCN(C(=O)OCc1ccc(OC(C(=O)Nc2cc(C)ccc2Cl)C(=O)c2ccc(OC)cc2)c(C)c1)c1ccc(N=Nc2ccc(C)cc2)cc1OC. The summed E-state index contributed by atoms with van der Waals surface area (Å²) < 4.78 is 22.6. The second-order valence-electron chi connectivity index (χ2n) is 12.4. The van der Waals surface area contributed by atoms with E-state index in [1.807, 2.05) is 51.1 Å². The number of hydrogen-bond donors (Lipinski definition) is 1. The largest absolute Gasteiger partial charge is 0.497 e. The minimum Gasteiger partial charge on any atom is -0.497 e. The standard InChI is InChI=1S/C42H41ClN4O7/c1-7-47(36-20-16-32(24-38(36)52-6)46-45-31-14-8-26(2)9-15-31)42(50)53-25-29-11-21-37(28(4)23-29)54-40(39(48)30-12-17-33(51-5)18-13-30)41(49)44-35-22-27(3)10-19-34(35)43/h8-24,40H,7,25H2,1-6H3,(H,44,49). The van der Waals surface area contributed by atoms with Gasteiger partial charge in [-0.25, -0.2) is 4.79 Å². The number of hydrogen-bond acceptors (Lipinski definition) is 9. The van der Waals surface area contributed by atoms with Crippen molar-refractivity contribution in [2.24, 2.45) is 10.2 Å². The summed E-state index contributed by atoms with van der Waals surface area (Å²) in [4.78, 5) is 42.1. The van der Waals surface area contributed by atoms with Gasteiger partial charge in [0.2, 0.25) is 11.9 Å². The summed E-state index contributed by atoms with van der Waals surface area (Å²) in [5.41, 5.74) is 5.67. The Morgan fingerprint density at radius 1 is 0.759 bits per heavy atom. The Morgan fingerprint density at radius 2 is 1.44 bits per heavy atom. The average Bonchev–Trinajstić information content (AvgIpc) is 3.18. The first kappa shape index (κ1) is 39.0. The molecule has 5 aromatic rings. The molecule has 0 aliphatic rings. The van der Waals surface area contributed by atoms with Crippen LogP contribution in [0.3, 0.4) is 0 Å². The van der Waals surface area contributed by atoms with E-state index in [-0.39, 0.29) is 12.2 Å². The number of nitrogens with one attached hydrogen (secondary N) is 1. The van der Waals surface area contributed by atoms with E-state index in [9.17, 15) is 14.4 Å². The van der Waals surface area contributed by atoms with Crippen LogP contribution < -0.4 is 24.4 Å². The number of nitrogens with zero attached hydrogens (tertiary/aromatic N) is 3. The number of amides is 2. The number of azo groups is 1. The van der Waals surface area contributed by atoms with Crippen molar-refractivity contribution < 1.29 is 33.3 Å². The van der Waals surface area contributed by atoms with Crippen molar-refractivity contribution >= 4 is 52.1 Å². The summed E-state index contributed by atoms with van der Waals surface area (Å²) >= 11 is 6.34. The fourth-order valence-corrected chi connectivity index (χ4v) is 5.59. The second-order valence-corrected chi connectivity index (χ2v) is 12.8. The molecule has 0 bridgehead atoms. The van der Waals surface area contributed by atoms with Crippen LogP contribution >= 0.6 is 11.6 Å². The molecule has 1 unspecified atom stereocenters. The molecule has 278 valence electrons. The Bertz CT molecular complexity index is 2150. The van der Waals surface area contributed by atoms with Gasteiger partial charge < -0.3 is 24.3 Å². The Balaban J connectivity index is 1.29. The van der Waals surface area contributed by atoms with Crippen molar-refractivity contribution in [3.63, 3.8) is 0 Å². The molecule has 0 saturated carbocycles. The van der Waals surface area contributed by atoms with Gasteiger partial charge in [0.05, 0.1) is 42.0 Å². The third-order valence-electron chi connectivity index (χ3n) is 8.38. The highest BCUT2D eigenvalue weighted by molar-refractivity contribution is 6.34. The zero-order valence-corrected chi connectivity index (χ0v) is 31.6. The second kappa shape index (κ2) is 18.0. The molecule has 1 atom stereocenters. The molecule has 0 spiro atoms. The van der Waals surface area contributed by atoms with Gasteiger partial charge in [0.1, 0.15) is 23.9 Å². The Hall–Kier alpha value is -6.20. The molecule has 12 heteroatoms. The molecule has 0 radical (unpaired) electrons. The zero-order valence-electron chi connectivity index (χ0n) is 30.9. The van der Waals surface area contributed by atoms with Crippen LogP contribution in [-0.2, 0) is 16.1 Å². The first-order chi connectivity index (χ1) is 26.0. The molecule has 0 aliphatic carbocycles. The highest BCUT2D eigenvalue weighted by Gasteiger charge is 2.31. The highest BCUT2D eigenvalue weighted by Crippen LogP contribution is 2.34. The summed E-state index contributed by atoms with van der Waals surface area (Å²) in [6, 6.07) is 29.5. The molecule has 0 fully saturated rings. The van der Waals surface area contributed by atoms with Crippen molar-refractivity contribution in [3.05, 3.63) is 136 Å². The molecule has 0 aliphatic heterocycles. The van der Waals surface area contributed by atoms with Crippen LogP contribution in [0.2, 0.25) is 5.02 Å². The number of benzene rings is 5. The van der Waals surface area contributed by atoms with Crippen LogP contribution in [0.25, 0.3) is 0 Å². The summed E-state index contributed by atoms with van der Waals surface area (Å²) in [6.45, 7) is 7.72. The first-order valence-electron chi connectivity index (χ1n) is 17.1. The number of rotatable bonds is 14. The van der Waals surface area contributed by atoms with Crippen LogP contribution in [-0.4, -0.2) is 44.7 Å². The van der Waals surface area contributed by atoms with E-state index in [0.717, 1.165) is 11.1 Å². The molecule has 5 aromatic carbocycles. The number of ether oxygens (including phenoxy) is 4. The highest BCUT2D eigenvalue weighted by atomic mass is 35.5. The molecular formula is C42H41ClN4O7. The first-order valence-corrected chi connectivity index (χ1v) is 17.5. The van der Waals surface area contributed by atoms with E-state index in [1.165, 1.54) is 19.1 Å². The molecule has 2 amide bonds. The number of ketones is 1. The van der Waals surface area contributed by atoms with Crippen LogP contribution in [0.4, 0.5) is 27.5 Å². The van der Waals surface area contributed by atoms with E-state index < -0.39 is 23.9 Å². The van der Waals surface area contributed by atoms with E-state index in [0.29, 0.717) is 62.7 Å². The summed E-state index contributed by atoms with van der Waals surface area (Å²) in [7, 11) is 3.04. The summed E-state index contributed by atoms with van der Waals surface area (Å²) in [5, 5.41) is 11.7.